The second-order valence-corrected chi connectivity index (χ2v) is 4.64. The lowest BCUT2D eigenvalue weighted by molar-refractivity contribution is 0.262. The molecule has 0 atom stereocenters. The van der Waals surface area contributed by atoms with E-state index in [1.807, 2.05) is 32.0 Å². The number of rotatable bonds is 3. The van der Waals surface area contributed by atoms with E-state index in [4.69, 9.17) is 0 Å². The Kier molecular flexibility index (Phi) is 4.52. The summed E-state index contributed by atoms with van der Waals surface area (Å²) in [7, 11) is 0. The van der Waals surface area contributed by atoms with Gasteiger partial charge in [-0.05, 0) is 36.6 Å². The zero-order valence-electron chi connectivity index (χ0n) is 11.8. The van der Waals surface area contributed by atoms with E-state index >= 15 is 0 Å². The molecule has 2 N–H and O–H groups in total. The summed E-state index contributed by atoms with van der Waals surface area (Å²) in [4.78, 5) is 12.0. The Balaban J connectivity index is 2.20. The Morgan fingerprint density at radius 2 is 1.57 bits per heavy atom. The van der Waals surface area contributed by atoms with E-state index in [9.17, 15) is 13.6 Å². The molecule has 110 valence electrons. The fourth-order valence-electron chi connectivity index (χ4n) is 2.08. The fourth-order valence-corrected chi connectivity index (χ4v) is 2.08. The molecule has 2 amide bonds. The summed E-state index contributed by atoms with van der Waals surface area (Å²) in [6.45, 7) is 3.83. The van der Waals surface area contributed by atoms with E-state index < -0.39 is 23.4 Å². The molecule has 0 unspecified atom stereocenters. The normalized spacial score (nSPS) is 10.3. The molecule has 0 heterocycles. The molecular formula is C16H16F2N2O. The highest BCUT2D eigenvalue weighted by molar-refractivity contribution is 6.00. The maximum Gasteiger partial charge on any atom is 0.323 e. The Hall–Kier alpha value is -2.43. The maximum atomic E-state index is 13.5. The highest BCUT2D eigenvalue weighted by Crippen LogP contribution is 2.22. The molecule has 0 aliphatic heterocycles. The number of hydrogen-bond donors (Lipinski definition) is 2. The number of benzene rings is 2. The average Bonchev–Trinajstić information content (AvgIpc) is 2.45. The third-order valence-electron chi connectivity index (χ3n) is 3.18. The molecule has 0 spiro atoms. The lowest BCUT2D eigenvalue weighted by Gasteiger charge is -2.14. The van der Waals surface area contributed by atoms with Gasteiger partial charge in [-0.1, -0.05) is 31.2 Å². The Labute approximate surface area is 122 Å². The summed E-state index contributed by atoms with van der Waals surface area (Å²) >= 11 is 0. The Morgan fingerprint density at radius 3 is 2.19 bits per heavy atom. The molecule has 21 heavy (non-hydrogen) atoms. The van der Waals surface area contributed by atoms with Gasteiger partial charge in [-0.25, -0.2) is 13.6 Å². The van der Waals surface area contributed by atoms with Gasteiger partial charge in [-0.15, -0.1) is 0 Å². The molecule has 0 saturated heterocycles. The number of carbonyl (C=O) groups excluding carboxylic acids is 1. The number of anilines is 2. The molecule has 0 fully saturated rings. The monoisotopic (exact) mass is 290 g/mol. The van der Waals surface area contributed by atoms with Crippen LogP contribution in [0.3, 0.4) is 0 Å². The van der Waals surface area contributed by atoms with Gasteiger partial charge in [0.2, 0.25) is 0 Å². The largest absolute Gasteiger partial charge is 0.323 e. The minimum Gasteiger partial charge on any atom is -0.307 e. The fraction of sp³-hybridized carbons (Fsp3) is 0.188. The Bertz CT molecular complexity index is 651. The van der Waals surface area contributed by atoms with E-state index in [0.29, 0.717) is 5.69 Å². The van der Waals surface area contributed by atoms with Crippen LogP contribution in [0.25, 0.3) is 0 Å². The van der Waals surface area contributed by atoms with Gasteiger partial charge in [0.1, 0.15) is 17.3 Å². The Morgan fingerprint density at radius 1 is 1.00 bits per heavy atom. The van der Waals surface area contributed by atoms with E-state index in [2.05, 4.69) is 10.6 Å². The first kappa shape index (κ1) is 15.0. The first-order valence-electron chi connectivity index (χ1n) is 6.63. The summed E-state index contributed by atoms with van der Waals surface area (Å²) < 4.78 is 27.0. The van der Waals surface area contributed by atoms with E-state index in [0.717, 1.165) is 29.7 Å². The van der Waals surface area contributed by atoms with Crippen molar-refractivity contribution in [2.24, 2.45) is 0 Å². The van der Waals surface area contributed by atoms with E-state index in [1.165, 1.54) is 6.07 Å². The number of hydrogen-bond acceptors (Lipinski definition) is 1. The predicted octanol–water partition coefficient (Wildman–Crippen LogP) is 4.48. The van der Waals surface area contributed by atoms with Gasteiger partial charge >= 0.3 is 6.03 Å². The van der Waals surface area contributed by atoms with Crippen LogP contribution >= 0.6 is 0 Å². The number of urea groups is 1. The quantitative estimate of drug-likeness (QED) is 0.859. The maximum absolute atomic E-state index is 13.5. The van der Waals surface area contributed by atoms with Crippen molar-refractivity contribution in [2.75, 3.05) is 10.6 Å². The number of halogens is 2. The number of aryl methyl sites for hydroxylation is 2. The molecule has 0 aliphatic rings. The van der Waals surface area contributed by atoms with E-state index in [1.54, 1.807) is 0 Å². The van der Waals surface area contributed by atoms with Gasteiger partial charge in [-0.3, -0.25) is 0 Å². The van der Waals surface area contributed by atoms with Crippen molar-refractivity contribution in [2.45, 2.75) is 20.3 Å². The molecule has 0 aromatic heterocycles. The van der Waals surface area contributed by atoms with Crippen molar-refractivity contribution in [1.29, 1.82) is 0 Å². The first-order valence-corrected chi connectivity index (χ1v) is 6.63. The third kappa shape index (κ3) is 3.37. The second-order valence-electron chi connectivity index (χ2n) is 4.64. The number of amides is 2. The summed E-state index contributed by atoms with van der Waals surface area (Å²) in [6.07, 6.45) is 0.741. The van der Waals surface area contributed by atoms with Gasteiger partial charge in [0, 0.05) is 5.69 Å². The summed E-state index contributed by atoms with van der Waals surface area (Å²) in [5.74, 6) is -1.63. The standard InChI is InChI=1S/C16H16F2N2O/c1-3-11-7-4-6-10(2)14(11)19-16(21)20-15-12(17)8-5-9-13(15)18/h4-9H,3H2,1-2H3,(H2,19,20,21). The van der Waals surface area contributed by atoms with Crippen LogP contribution in [0.1, 0.15) is 18.1 Å². The van der Waals surface area contributed by atoms with Gasteiger partial charge in [-0.2, -0.15) is 0 Å². The molecule has 0 bridgehead atoms. The third-order valence-corrected chi connectivity index (χ3v) is 3.18. The molecule has 0 aliphatic carbocycles. The summed E-state index contributed by atoms with van der Waals surface area (Å²) in [5, 5.41) is 4.85. The van der Waals surface area contributed by atoms with Crippen LogP contribution in [0, 0.1) is 18.6 Å². The van der Waals surface area contributed by atoms with Crippen molar-refractivity contribution >= 4 is 17.4 Å². The van der Waals surface area contributed by atoms with Crippen molar-refractivity contribution < 1.29 is 13.6 Å². The zero-order valence-corrected chi connectivity index (χ0v) is 11.8. The zero-order chi connectivity index (χ0) is 15.4. The van der Waals surface area contributed by atoms with E-state index in [-0.39, 0.29) is 0 Å². The van der Waals surface area contributed by atoms with Gasteiger partial charge in [0.25, 0.3) is 0 Å². The number of nitrogens with one attached hydrogen (secondary N) is 2. The van der Waals surface area contributed by atoms with Crippen LogP contribution in [-0.2, 0) is 6.42 Å². The first-order chi connectivity index (χ1) is 10.0. The smallest absolute Gasteiger partial charge is 0.307 e. The molecular weight excluding hydrogens is 274 g/mol. The lowest BCUT2D eigenvalue weighted by Crippen LogP contribution is -2.22. The van der Waals surface area contributed by atoms with Crippen molar-refractivity contribution in [3.05, 3.63) is 59.2 Å². The van der Waals surface area contributed by atoms with Crippen LogP contribution < -0.4 is 10.6 Å². The summed E-state index contributed by atoms with van der Waals surface area (Å²) in [5.41, 5.74) is 2.05. The minimum absolute atomic E-state index is 0.457. The van der Waals surface area contributed by atoms with Gasteiger partial charge < -0.3 is 10.6 Å². The van der Waals surface area contributed by atoms with Crippen LogP contribution in [0.2, 0.25) is 0 Å². The van der Waals surface area contributed by atoms with Crippen molar-refractivity contribution in [3.8, 4) is 0 Å². The molecule has 2 rings (SSSR count). The molecule has 0 saturated carbocycles. The second kappa shape index (κ2) is 6.35. The molecule has 2 aromatic carbocycles. The molecule has 2 aromatic rings. The highest BCUT2D eigenvalue weighted by atomic mass is 19.1. The lowest BCUT2D eigenvalue weighted by atomic mass is 10.1. The van der Waals surface area contributed by atoms with Crippen LogP contribution in [0.4, 0.5) is 25.0 Å². The van der Waals surface area contributed by atoms with Crippen LogP contribution in [-0.4, -0.2) is 6.03 Å². The van der Waals surface area contributed by atoms with Crippen LogP contribution in [0.5, 0.6) is 0 Å². The topological polar surface area (TPSA) is 41.1 Å². The van der Waals surface area contributed by atoms with Gasteiger partial charge in [0.15, 0.2) is 0 Å². The number of carbonyl (C=O) groups is 1. The average molecular weight is 290 g/mol. The highest BCUT2D eigenvalue weighted by Gasteiger charge is 2.13. The molecule has 0 radical (unpaired) electrons. The van der Waals surface area contributed by atoms with Crippen molar-refractivity contribution in [1.82, 2.24) is 0 Å². The minimum atomic E-state index is -0.814. The SMILES string of the molecule is CCc1cccc(C)c1NC(=O)Nc1c(F)cccc1F. The van der Waals surface area contributed by atoms with Crippen molar-refractivity contribution in [3.63, 3.8) is 0 Å². The number of para-hydroxylation sites is 2. The predicted molar refractivity (Wildman–Crippen MR) is 79.6 cm³/mol. The van der Waals surface area contributed by atoms with Crippen LogP contribution in [0.15, 0.2) is 36.4 Å². The van der Waals surface area contributed by atoms with Gasteiger partial charge in [0.05, 0.1) is 0 Å². The molecule has 5 heteroatoms. The molecule has 3 nitrogen and oxygen atoms in total. The summed E-state index contributed by atoms with van der Waals surface area (Å²) in [6, 6.07) is 8.39.